The van der Waals surface area contributed by atoms with Crippen LogP contribution in [0.15, 0.2) is 24.3 Å². The number of carbonyl (C=O) groups is 3. The molecule has 0 spiro atoms. The van der Waals surface area contributed by atoms with E-state index in [9.17, 15) is 19.5 Å². The van der Waals surface area contributed by atoms with Crippen LogP contribution in [0.25, 0.3) is 0 Å². The molecular weight excluding hydrogens is 374 g/mol. The normalized spacial score (nSPS) is 14.3. The quantitative estimate of drug-likeness (QED) is 0.231. The minimum Gasteiger partial charge on any atom is -0.388 e. The average Bonchev–Trinajstić information content (AvgIpc) is 2.66. The van der Waals surface area contributed by atoms with Gasteiger partial charge in [-0.05, 0) is 50.0 Å². The van der Waals surface area contributed by atoms with E-state index in [0.717, 1.165) is 19.5 Å². The van der Waals surface area contributed by atoms with E-state index < -0.39 is 23.5 Å². The van der Waals surface area contributed by atoms with Gasteiger partial charge in [0.15, 0.2) is 0 Å². The highest BCUT2D eigenvalue weighted by Gasteiger charge is 2.34. The van der Waals surface area contributed by atoms with E-state index >= 15 is 0 Å². The van der Waals surface area contributed by atoms with E-state index in [4.69, 9.17) is 5.21 Å². The van der Waals surface area contributed by atoms with Gasteiger partial charge >= 0.3 is 0 Å². The second-order valence-electron chi connectivity index (χ2n) is 7.29. The zero-order chi connectivity index (χ0) is 21.4. The number of hydrogen-bond acceptors (Lipinski definition) is 5. The molecule has 1 aliphatic heterocycles. The number of amides is 3. The maximum absolute atomic E-state index is 12.3. The second kappa shape index (κ2) is 9.74. The van der Waals surface area contributed by atoms with Gasteiger partial charge in [-0.2, -0.15) is 0 Å². The molecule has 1 saturated heterocycles. The summed E-state index contributed by atoms with van der Waals surface area (Å²) in [4.78, 5) is 36.1. The minimum absolute atomic E-state index is 0.270. The first-order chi connectivity index (χ1) is 13.7. The topological polar surface area (TPSA) is 119 Å². The van der Waals surface area contributed by atoms with Crippen LogP contribution in [0.3, 0.4) is 0 Å². The maximum Gasteiger partial charge on any atom is 0.268 e. The third kappa shape index (κ3) is 6.35. The molecule has 0 unspecified atom stereocenters. The van der Waals surface area contributed by atoms with Crippen molar-refractivity contribution in [3.8, 4) is 23.7 Å². The fourth-order valence-electron chi connectivity index (χ4n) is 2.71. The Morgan fingerprint density at radius 3 is 2.48 bits per heavy atom. The van der Waals surface area contributed by atoms with Gasteiger partial charge in [0, 0.05) is 36.6 Å². The monoisotopic (exact) mass is 397 g/mol. The van der Waals surface area contributed by atoms with E-state index in [0.29, 0.717) is 17.9 Å². The van der Waals surface area contributed by atoms with Gasteiger partial charge in [-0.25, -0.2) is 5.48 Å². The molecule has 0 aromatic heterocycles. The van der Waals surface area contributed by atoms with Gasteiger partial charge in [-0.1, -0.05) is 11.8 Å². The average molecular weight is 397 g/mol. The molecule has 1 aliphatic rings. The highest BCUT2D eigenvalue weighted by atomic mass is 16.5. The lowest BCUT2D eigenvalue weighted by Crippen LogP contribution is -2.57. The number of aliphatic hydroxyl groups is 1. The van der Waals surface area contributed by atoms with Gasteiger partial charge < -0.3 is 15.3 Å². The van der Waals surface area contributed by atoms with Gasteiger partial charge in [0.05, 0.1) is 5.60 Å². The number of nitrogens with zero attached hydrogens (tertiary/aromatic N) is 1. The zero-order valence-electron chi connectivity index (χ0n) is 16.2. The molecule has 2 rings (SSSR count). The van der Waals surface area contributed by atoms with Crippen LogP contribution in [0.1, 0.15) is 36.2 Å². The third-order valence-electron chi connectivity index (χ3n) is 4.38. The van der Waals surface area contributed by atoms with Gasteiger partial charge in [0.2, 0.25) is 6.41 Å². The molecule has 1 heterocycles. The molecule has 0 saturated carbocycles. The lowest BCUT2D eigenvalue weighted by Gasteiger charge is -2.35. The molecule has 152 valence electrons. The number of carbonyl (C=O) groups excluding carboxylic acids is 3. The van der Waals surface area contributed by atoms with Crippen LogP contribution in [0.2, 0.25) is 0 Å². The van der Waals surface area contributed by atoms with Crippen LogP contribution in [0.4, 0.5) is 0 Å². The number of benzene rings is 1. The van der Waals surface area contributed by atoms with Crippen molar-refractivity contribution in [1.82, 2.24) is 15.7 Å². The van der Waals surface area contributed by atoms with E-state index in [2.05, 4.69) is 29.0 Å². The molecule has 29 heavy (non-hydrogen) atoms. The fourth-order valence-corrected chi connectivity index (χ4v) is 2.71. The smallest absolute Gasteiger partial charge is 0.268 e. The highest BCUT2D eigenvalue weighted by Crippen LogP contribution is 2.15. The Bertz CT molecular complexity index is 875. The van der Waals surface area contributed by atoms with Crippen molar-refractivity contribution >= 4 is 18.2 Å². The summed E-state index contributed by atoms with van der Waals surface area (Å²) in [5.74, 6) is 10.3. The van der Waals surface area contributed by atoms with Crippen molar-refractivity contribution in [2.24, 2.45) is 5.92 Å². The largest absolute Gasteiger partial charge is 0.388 e. The van der Waals surface area contributed by atoms with Gasteiger partial charge in [-0.15, -0.1) is 0 Å². The molecule has 8 nitrogen and oxygen atoms in total. The summed E-state index contributed by atoms with van der Waals surface area (Å²) < 4.78 is 0. The zero-order valence-corrected chi connectivity index (χ0v) is 16.2. The van der Waals surface area contributed by atoms with Crippen molar-refractivity contribution in [3.05, 3.63) is 35.4 Å². The maximum atomic E-state index is 12.3. The summed E-state index contributed by atoms with van der Waals surface area (Å²) in [6, 6.07) is 5.02. The molecule has 1 atom stereocenters. The number of hydrogen-bond donors (Lipinski definition) is 4. The van der Waals surface area contributed by atoms with Crippen LogP contribution in [-0.4, -0.2) is 58.2 Å². The standard InChI is InChI=1S/C21H23N3O5/c1-21(2,28)18(20(27)23-29)22-19(26)17-10-8-15(9-11-17)6-4-3-5-7-16-12-24(13-16)14-25/h8-11,14,16,18,28-29H,7,12-13H2,1-2H3,(H,22,26)(H,23,27)/t18-/m1/s1. The summed E-state index contributed by atoms with van der Waals surface area (Å²) in [5.41, 5.74) is 0.791. The number of nitrogens with one attached hydrogen (secondary N) is 2. The van der Waals surface area contributed by atoms with E-state index in [1.807, 2.05) is 0 Å². The van der Waals surface area contributed by atoms with Crippen LogP contribution in [0, 0.1) is 29.6 Å². The molecule has 4 N–H and O–H groups in total. The lowest BCUT2D eigenvalue weighted by atomic mass is 9.97. The highest BCUT2D eigenvalue weighted by molar-refractivity contribution is 5.97. The Morgan fingerprint density at radius 2 is 1.93 bits per heavy atom. The summed E-state index contributed by atoms with van der Waals surface area (Å²) >= 11 is 0. The van der Waals surface area contributed by atoms with Crippen molar-refractivity contribution in [2.75, 3.05) is 13.1 Å². The summed E-state index contributed by atoms with van der Waals surface area (Å²) in [5, 5.41) is 21.2. The first-order valence-electron chi connectivity index (χ1n) is 9.00. The first kappa shape index (κ1) is 22.0. The number of likely N-dealkylation sites (tertiary alicyclic amines) is 1. The molecule has 8 heteroatoms. The van der Waals surface area contributed by atoms with Crippen molar-refractivity contribution in [2.45, 2.75) is 31.9 Å². The minimum atomic E-state index is -1.57. The van der Waals surface area contributed by atoms with Crippen LogP contribution < -0.4 is 10.8 Å². The Hall–Kier alpha value is -3.33. The van der Waals surface area contributed by atoms with Crippen molar-refractivity contribution in [3.63, 3.8) is 0 Å². The molecule has 3 amide bonds. The van der Waals surface area contributed by atoms with Gasteiger partial charge in [-0.3, -0.25) is 19.6 Å². The molecule has 0 radical (unpaired) electrons. The fraction of sp³-hybridized carbons (Fsp3) is 0.381. The Kier molecular flexibility index (Phi) is 7.38. The Balaban J connectivity index is 1.92. The number of hydroxylamine groups is 1. The van der Waals surface area contributed by atoms with E-state index in [-0.39, 0.29) is 5.56 Å². The van der Waals surface area contributed by atoms with E-state index in [1.165, 1.54) is 31.5 Å². The molecule has 1 fully saturated rings. The summed E-state index contributed by atoms with van der Waals surface area (Å²) in [6.45, 7) is 4.17. The Labute approximate surface area is 169 Å². The first-order valence-corrected chi connectivity index (χ1v) is 9.00. The van der Waals surface area contributed by atoms with Crippen LogP contribution >= 0.6 is 0 Å². The van der Waals surface area contributed by atoms with Crippen molar-refractivity contribution in [1.29, 1.82) is 0 Å². The van der Waals surface area contributed by atoms with Crippen LogP contribution in [-0.2, 0) is 9.59 Å². The lowest BCUT2D eigenvalue weighted by molar-refractivity contribution is -0.136. The molecule has 1 aromatic carbocycles. The predicted molar refractivity (Wildman–Crippen MR) is 104 cm³/mol. The van der Waals surface area contributed by atoms with Crippen LogP contribution in [0.5, 0.6) is 0 Å². The van der Waals surface area contributed by atoms with Gasteiger partial charge in [0.25, 0.3) is 11.8 Å². The van der Waals surface area contributed by atoms with Gasteiger partial charge in [0.1, 0.15) is 6.04 Å². The predicted octanol–water partition coefficient (Wildman–Crippen LogP) is -0.105. The Morgan fingerprint density at radius 1 is 1.28 bits per heavy atom. The third-order valence-corrected chi connectivity index (χ3v) is 4.38. The van der Waals surface area contributed by atoms with Crippen molar-refractivity contribution < 1.29 is 24.7 Å². The summed E-state index contributed by atoms with van der Waals surface area (Å²) in [7, 11) is 0. The second-order valence-corrected chi connectivity index (χ2v) is 7.29. The summed E-state index contributed by atoms with van der Waals surface area (Å²) in [6.07, 6.45) is 1.53. The SMILES string of the molecule is CC(C)(O)[C@H](NC(=O)c1ccc(C#CC#CCC2CN(C=O)C2)cc1)C(=O)NO. The number of rotatable bonds is 6. The molecular formula is C21H23N3O5. The molecule has 0 bridgehead atoms. The molecule has 0 aliphatic carbocycles. The van der Waals surface area contributed by atoms with E-state index in [1.54, 1.807) is 17.0 Å². The molecule has 1 aromatic rings.